The molecule has 1 fully saturated rings. The second-order valence-corrected chi connectivity index (χ2v) is 3.48. The Morgan fingerprint density at radius 3 is 2.75 bits per heavy atom. The Bertz CT molecular complexity index is 172. The summed E-state index contributed by atoms with van der Waals surface area (Å²) >= 11 is 0. The van der Waals surface area contributed by atoms with Crippen molar-refractivity contribution in [1.82, 2.24) is 10.2 Å². The number of carboxylic acid groups (broad SMARTS) is 1. The van der Waals surface area contributed by atoms with Crippen LogP contribution in [0.15, 0.2) is 0 Å². The fourth-order valence-corrected chi connectivity index (χ4v) is 1.71. The van der Waals surface area contributed by atoms with Gasteiger partial charge in [-0.05, 0) is 20.5 Å². The minimum absolute atomic E-state index is 0.207. The minimum Gasteiger partial charge on any atom is -0.481 e. The quantitative estimate of drug-likeness (QED) is 0.595. The van der Waals surface area contributed by atoms with E-state index in [0.29, 0.717) is 12.6 Å². The van der Waals surface area contributed by atoms with E-state index in [0.717, 1.165) is 13.0 Å². The molecule has 0 bridgehead atoms. The van der Waals surface area contributed by atoms with E-state index in [4.69, 9.17) is 5.11 Å². The molecule has 0 spiro atoms. The maximum atomic E-state index is 10.7. The predicted octanol–water partition coefficient (Wildman–Crippen LogP) is -0.389. The molecule has 2 atom stereocenters. The van der Waals surface area contributed by atoms with Crippen LogP contribution in [0.4, 0.5) is 0 Å². The van der Waals surface area contributed by atoms with Crippen LogP contribution in [-0.4, -0.2) is 49.2 Å². The standard InChI is InChI=1S/C8H16N2O2/c1-9-7-3-6(8(11)12)4-10(2)5-7/h6-7,9H,3-5H2,1-2H3,(H,11,12). The number of hydrogen-bond donors (Lipinski definition) is 2. The number of likely N-dealkylation sites (tertiary alicyclic amines) is 1. The average molecular weight is 172 g/mol. The van der Waals surface area contributed by atoms with E-state index in [1.54, 1.807) is 0 Å². The normalized spacial score (nSPS) is 31.8. The van der Waals surface area contributed by atoms with Gasteiger partial charge in [0.1, 0.15) is 0 Å². The highest BCUT2D eigenvalue weighted by atomic mass is 16.4. The van der Waals surface area contributed by atoms with Crippen molar-refractivity contribution in [3.63, 3.8) is 0 Å². The van der Waals surface area contributed by atoms with Gasteiger partial charge in [0.05, 0.1) is 5.92 Å². The summed E-state index contributed by atoms with van der Waals surface area (Å²) in [6.45, 7) is 1.62. The van der Waals surface area contributed by atoms with Crippen LogP contribution in [0.25, 0.3) is 0 Å². The number of carbonyl (C=O) groups is 1. The Hall–Kier alpha value is -0.610. The summed E-state index contributed by atoms with van der Waals surface area (Å²) in [5, 5.41) is 11.9. The van der Waals surface area contributed by atoms with Crippen molar-refractivity contribution < 1.29 is 9.90 Å². The first-order chi connectivity index (χ1) is 5.63. The third-order valence-electron chi connectivity index (χ3n) is 2.39. The van der Waals surface area contributed by atoms with E-state index in [1.807, 2.05) is 14.1 Å². The Kier molecular flexibility index (Phi) is 3.05. The Labute approximate surface area is 72.6 Å². The molecule has 0 radical (unpaired) electrons. The van der Waals surface area contributed by atoms with Gasteiger partial charge in [-0.3, -0.25) is 4.79 Å². The van der Waals surface area contributed by atoms with Gasteiger partial charge in [0.2, 0.25) is 0 Å². The summed E-state index contributed by atoms with van der Waals surface area (Å²) in [6.07, 6.45) is 0.746. The molecular formula is C8H16N2O2. The van der Waals surface area contributed by atoms with Crippen molar-refractivity contribution in [1.29, 1.82) is 0 Å². The molecule has 1 aliphatic rings. The van der Waals surface area contributed by atoms with Gasteiger partial charge in [-0.2, -0.15) is 0 Å². The van der Waals surface area contributed by atoms with Crippen molar-refractivity contribution in [2.75, 3.05) is 27.2 Å². The molecule has 70 valence electrons. The highest BCUT2D eigenvalue weighted by molar-refractivity contribution is 5.70. The van der Waals surface area contributed by atoms with E-state index in [9.17, 15) is 4.79 Å². The zero-order valence-corrected chi connectivity index (χ0v) is 7.58. The fraction of sp³-hybridized carbons (Fsp3) is 0.875. The van der Waals surface area contributed by atoms with Crippen LogP contribution in [-0.2, 0) is 4.79 Å². The van der Waals surface area contributed by atoms with Crippen LogP contribution in [0.1, 0.15) is 6.42 Å². The van der Waals surface area contributed by atoms with Crippen LogP contribution in [0.2, 0.25) is 0 Å². The Balaban J connectivity index is 2.51. The van der Waals surface area contributed by atoms with Gasteiger partial charge >= 0.3 is 5.97 Å². The molecule has 0 saturated carbocycles. The van der Waals surface area contributed by atoms with Gasteiger partial charge in [-0.15, -0.1) is 0 Å². The van der Waals surface area contributed by atoms with Crippen LogP contribution >= 0.6 is 0 Å². The molecule has 2 N–H and O–H groups in total. The first kappa shape index (κ1) is 9.48. The zero-order chi connectivity index (χ0) is 9.14. The van der Waals surface area contributed by atoms with Gasteiger partial charge < -0.3 is 15.3 Å². The molecule has 0 aromatic carbocycles. The van der Waals surface area contributed by atoms with Gasteiger partial charge in [0, 0.05) is 19.1 Å². The van der Waals surface area contributed by atoms with E-state index in [2.05, 4.69) is 10.2 Å². The number of piperidine rings is 1. The van der Waals surface area contributed by atoms with Crippen molar-refractivity contribution in [2.45, 2.75) is 12.5 Å². The summed E-state index contributed by atoms with van der Waals surface area (Å²) in [7, 11) is 3.84. The maximum absolute atomic E-state index is 10.7. The molecular weight excluding hydrogens is 156 g/mol. The van der Waals surface area contributed by atoms with Gasteiger partial charge in [-0.1, -0.05) is 0 Å². The second kappa shape index (κ2) is 3.87. The second-order valence-electron chi connectivity index (χ2n) is 3.48. The number of hydrogen-bond acceptors (Lipinski definition) is 3. The fourth-order valence-electron chi connectivity index (χ4n) is 1.71. The molecule has 4 heteroatoms. The van der Waals surface area contributed by atoms with E-state index in [-0.39, 0.29) is 5.92 Å². The number of nitrogens with zero attached hydrogens (tertiary/aromatic N) is 1. The van der Waals surface area contributed by atoms with Crippen molar-refractivity contribution in [3.8, 4) is 0 Å². The predicted molar refractivity (Wildman–Crippen MR) is 46.1 cm³/mol. The number of nitrogens with one attached hydrogen (secondary N) is 1. The Morgan fingerprint density at radius 1 is 1.58 bits per heavy atom. The van der Waals surface area contributed by atoms with Gasteiger partial charge in [-0.25, -0.2) is 0 Å². The molecule has 0 aliphatic carbocycles. The summed E-state index contributed by atoms with van der Waals surface area (Å²) < 4.78 is 0. The smallest absolute Gasteiger partial charge is 0.307 e. The number of rotatable bonds is 2. The molecule has 0 aromatic rings. The minimum atomic E-state index is -0.679. The average Bonchev–Trinajstić information content (AvgIpc) is 2.03. The molecule has 4 nitrogen and oxygen atoms in total. The van der Waals surface area contributed by atoms with Gasteiger partial charge in [0.25, 0.3) is 0 Å². The zero-order valence-electron chi connectivity index (χ0n) is 7.58. The van der Waals surface area contributed by atoms with E-state index >= 15 is 0 Å². The van der Waals surface area contributed by atoms with Crippen molar-refractivity contribution in [2.24, 2.45) is 5.92 Å². The van der Waals surface area contributed by atoms with Crippen molar-refractivity contribution >= 4 is 5.97 Å². The number of likely N-dealkylation sites (N-methyl/N-ethyl adjacent to an activating group) is 2. The summed E-state index contributed by atoms with van der Waals surface area (Å²) in [5.41, 5.74) is 0. The number of aliphatic carboxylic acids is 1. The SMILES string of the molecule is CNC1CC(C(=O)O)CN(C)C1. The molecule has 1 aliphatic heterocycles. The lowest BCUT2D eigenvalue weighted by Crippen LogP contribution is -2.48. The maximum Gasteiger partial charge on any atom is 0.307 e. The third-order valence-corrected chi connectivity index (χ3v) is 2.39. The third kappa shape index (κ3) is 2.19. The van der Waals surface area contributed by atoms with Crippen LogP contribution in [0.3, 0.4) is 0 Å². The largest absolute Gasteiger partial charge is 0.481 e. The van der Waals surface area contributed by atoms with E-state index in [1.165, 1.54) is 0 Å². The molecule has 2 unspecified atom stereocenters. The van der Waals surface area contributed by atoms with Crippen LogP contribution < -0.4 is 5.32 Å². The van der Waals surface area contributed by atoms with Crippen molar-refractivity contribution in [3.05, 3.63) is 0 Å². The van der Waals surface area contributed by atoms with Crippen LogP contribution in [0.5, 0.6) is 0 Å². The lowest BCUT2D eigenvalue weighted by atomic mass is 9.95. The summed E-state index contributed by atoms with van der Waals surface area (Å²) in [4.78, 5) is 12.8. The molecule has 1 heterocycles. The number of carboxylic acids is 1. The first-order valence-corrected chi connectivity index (χ1v) is 4.22. The first-order valence-electron chi connectivity index (χ1n) is 4.22. The van der Waals surface area contributed by atoms with E-state index < -0.39 is 5.97 Å². The lowest BCUT2D eigenvalue weighted by molar-refractivity contribution is -0.143. The summed E-state index contributed by atoms with van der Waals surface area (Å²) in [5.74, 6) is -0.886. The van der Waals surface area contributed by atoms with Gasteiger partial charge in [0.15, 0.2) is 0 Å². The molecule has 12 heavy (non-hydrogen) atoms. The lowest BCUT2D eigenvalue weighted by Gasteiger charge is -2.33. The molecule has 0 amide bonds. The molecule has 1 rings (SSSR count). The monoisotopic (exact) mass is 172 g/mol. The van der Waals surface area contributed by atoms with Crippen LogP contribution in [0, 0.1) is 5.92 Å². The highest BCUT2D eigenvalue weighted by Gasteiger charge is 2.28. The molecule has 0 aromatic heterocycles. The molecule has 1 saturated heterocycles. The Morgan fingerprint density at radius 2 is 2.25 bits per heavy atom. The highest BCUT2D eigenvalue weighted by Crippen LogP contribution is 2.15. The summed E-state index contributed by atoms with van der Waals surface area (Å²) in [6, 6.07) is 0.324. The topological polar surface area (TPSA) is 52.6 Å².